The molecule has 0 nitrogen and oxygen atoms in total. The van der Waals surface area contributed by atoms with Gasteiger partial charge in [-0.25, -0.2) is 0 Å². The summed E-state index contributed by atoms with van der Waals surface area (Å²) in [6.07, 6.45) is 12.6. The molecule has 1 unspecified atom stereocenters. The Morgan fingerprint density at radius 2 is 1.77 bits per heavy atom. The maximum absolute atomic E-state index is 4.93. The van der Waals surface area contributed by atoms with Gasteiger partial charge in [0.1, 0.15) is 0 Å². The van der Waals surface area contributed by atoms with E-state index >= 15 is 0 Å². The van der Waals surface area contributed by atoms with Crippen LogP contribution in [0.25, 0.3) is 6.08 Å². The Morgan fingerprint density at radius 3 is 2.36 bits per heavy atom. The molecule has 3 heteroatoms. The van der Waals surface area contributed by atoms with Gasteiger partial charge in [0.25, 0.3) is 0 Å². The van der Waals surface area contributed by atoms with Crippen molar-refractivity contribution in [2.45, 2.75) is 40.0 Å². The van der Waals surface area contributed by atoms with Crippen LogP contribution < -0.4 is 0 Å². The van der Waals surface area contributed by atoms with Crippen molar-refractivity contribution in [3.05, 3.63) is 64.3 Å². The number of allylic oxidation sites excluding steroid dienone is 5. The van der Waals surface area contributed by atoms with E-state index in [4.69, 9.17) is 17.0 Å². The van der Waals surface area contributed by atoms with E-state index < -0.39 is 20.8 Å². The first-order valence-corrected chi connectivity index (χ1v) is 13.9. The Hall–Kier alpha value is -0.0969. The van der Waals surface area contributed by atoms with Gasteiger partial charge in [-0.05, 0) is 47.9 Å². The molecule has 2 aliphatic rings. The van der Waals surface area contributed by atoms with E-state index in [1.165, 1.54) is 22.3 Å². The van der Waals surface area contributed by atoms with Crippen molar-refractivity contribution in [1.29, 1.82) is 0 Å². The molecule has 1 aromatic rings. The fraction of sp³-hybridized carbons (Fsp3) is 0.368. The SMILES string of the molecule is Cc1ccc(C)c2c1C=CC2C(C)(C)C1=CC=CC1.[Cl][Zr][Cl]. The summed E-state index contributed by atoms with van der Waals surface area (Å²) >= 11 is -0.826. The van der Waals surface area contributed by atoms with Crippen molar-refractivity contribution >= 4 is 23.1 Å². The standard InChI is InChI=1S/C19H22.2ClH.Zr/c1-13-9-10-14(2)18-16(13)11-12-17(18)19(3,4)15-7-5-6-8-15;;;/h5-7,9-12,17H,8H2,1-4H3;2*1H;/q;;;+2/p-2. The van der Waals surface area contributed by atoms with Crippen LogP contribution >= 0.6 is 17.0 Å². The summed E-state index contributed by atoms with van der Waals surface area (Å²) in [4.78, 5) is 0. The topological polar surface area (TPSA) is 0 Å². The molecule has 0 spiro atoms. The molecular weight excluding hydrogens is 390 g/mol. The summed E-state index contributed by atoms with van der Waals surface area (Å²) in [7, 11) is 9.87. The van der Waals surface area contributed by atoms with Crippen molar-refractivity contribution in [1.82, 2.24) is 0 Å². The zero-order valence-corrected chi connectivity index (χ0v) is 17.6. The normalized spacial score (nSPS) is 18.6. The van der Waals surface area contributed by atoms with Crippen molar-refractivity contribution < 1.29 is 20.8 Å². The van der Waals surface area contributed by atoms with Crippen LogP contribution in [0.3, 0.4) is 0 Å². The van der Waals surface area contributed by atoms with E-state index in [0.29, 0.717) is 5.92 Å². The molecule has 3 rings (SSSR count). The number of aryl methyl sites for hydroxylation is 2. The van der Waals surface area contributed by atoms with Gasteiger partial charge in [0.15, 0.2) is 0 Å². The van der Waals surface area contributed by atoms with Crippen molar-refractivity contribution in [3.63, 3.8) is 0 Å². The van der Waals surface area contributed by atoms with E-state index in [0.717, 1.165) is 6.42 Å². The zero-order chi connectivity index (χ0) is 16.3. The molecule has 0 heterocycles. The Morgan fingerprint density at radius 1 is 1.14 bits per heavy atom. The molecule has 1 atom stereocenters. The second-order valence-corrected chi connectivity index (χ2v) is 10.2. The fourth-order valence-electron chi connectivity index (χ4n) is 3.50. The molecule has 0 fully saturated rings. The minimum atomic E-state index is -0.826. The molecule has 2 aliphatic carbocycles. The Bertz CT molecular complexity index is 639. The summed E-state index contributed by atoms with van der Waals surface area (Å²) in [5.41, 5.74) is 7.56. The molecule has 0 saturated carbocycles. The van der Waals surface area contributed by atoms with E-state index in [1.807, 2.05) is 0 Å². The van der Waals surface area contributed by atoms with Crippen LogP contribution in [0, 0.1) is 19.3 Å². The van der Waals surface area contributed by atoms with Gasteiger partial charge in [0.05, 0.1) is 0 Å². The van der Waals surface area contributed by atoms with E-state index in [1.54, 1.807) is 5.57 Å². The van der Waals surface area contributed by atoms with Crippen molar-refractivity contribution in [3.8, 4) is 0 Å². The molecule has 22 heavy (non-hydrogen) atoms. The molecule has 0 N–H and O–H groups in total. The van der Waals surface area contributed by atoms with Crippen LogP contribution in [0.4, 0.5) is 0 Å². The first-order chi connectivity index (χ1) is 10.4. The van der Waals surface area contributed by atoms with Crippen molar-refractivity contribution in [2.75, 3.05) is 0 Å². The van der Waals surface area contributed by atoms with Crippen LogP contribution in [0.5, 0.6) is 0 Å². The van der Waals surface area contributed by atoms with Gasteiger partial charge >= 0.3 is 37.9 Å². The van der Waals surface area contributed by atoms with Gasteiger partial charge in [-0.2, -0.15) is 0 Å². The van der Waals surface area contributed by atoms with Crippen LogP contribution in [-0.2, 0) is 20.8 Å². The average molecular weight is 413 g/mol. The number of benzene rings is 1. The third-order valence-electron chi connectivity index (χ3n) is 4.87. The number of hydrogen-bond acceptors (Lipinski definition) is 0. The predicted octanol–water partition coefficient (Wildman–Crippen LogP) is 6.70. The first kappa shape index (κ1) is 18.2. The van der Waals surface area contributed by atoms with Gasteiger partial charge in [-0.1, -0.05) is 61.9 Å². The van der Waals surface area contributed by atoms with E-state index in [9.17, 15) is 0 Å². The minimum absolute atomic E-state index is 0.198. The third-order valence-corrected chi connectivity index (χ3v) is 4.87. The van der Waals surface area contributed by atoms with E-state index in [-0.39, 0.29) is 5.41 Å². The second-order valence-electron chi connectivity index (χ2n) is 6.48. The summed E-state index contributed by atoms with van der Waals surface area (Å²) in [5.74, 6) is 0.508. The number of hydrogen-bond donors (Lipinski definition) is 0. The molecular formula is C19H22Cl2Zr. The first-order valence-electron chi connectivity index (χ1n) is 7.54. The molecule has 0 radical (unpaired) electrons. The molecule has 0 bridgehead atoms. The van der Waals surface area contributed by atoms with Crippen LogP contribution in [0.1, 0.15) is 48.4 Å². The van der Waals surface area contributed by atoms with Gasteiger partial charge in [0, 0.05) is 5.92 Å². The second kappa shape index (κ2) is 7.65. The number of halogens is 2. The third kappa shape index (κ3) is 3.53. The molecule has 0 amide bonds. The Kier molecular flexibility index (Phi) is 6.34. The van der Waals surface area contributed by atoms with Gasteiger partial charge in [-0.15, -0.1) is 0 Å². The fourth-order valence-corrected chi connectivity index (χ4v) is 3.50. The van der Waals surface area contributed by atoms with Crippen LogP contribution in [0.2, 0.25) is 0 Å². The monoisotopic (exact) mass is 410 g/mol. The number of fused-ring (bicyclic) bond motifs is 1. The number of rotatable bonds is 2. The predicted molar refractivity (Wildman–Crippen MR) is 95.0 cm³/mol. The van der Waals surface area contributed by atoms with Crippen molar-refractivity contribution in [2.24, 2.45) is 5.41 Å². The summed E-state index contributed by atoms with van der Waals surface area (Å²) in [5, 5.41) is 0. The zero-order valence-electron chi connectivity index (χ0n) is 13.6. The maximum atomic E-state index is 4.93. The summed E-state index contributed by atoms with van der Waals surface area (Å²) in [6, 6.07) is 4.51. The van der Waals surface area contributed by atoms with Gasteiger partial charge in [-0.3, -0.25) is 0 Å². The Labute approximate surface area is 153 Å². The molecule has 0 aromatic heterocycles. The van der Waals surface area contributed by atoms with Crippen LogP contribution in [-0.4, -0.2) is 0 Å². The molecule has 0 saturated heterocycles. The molecule has 116 valence electrons. The summed E-state index contributed by atoms with van der Waals surface area (Å²) in [6.45, 7) is 9.24. The Balaban J connectivity index is 0.000000545. The molecule has 1 aromatic carbocycles. The quantitative estimate of drug-likeness (QED) is 0.507. The van der Waals surface area contributed by atoms with Crippen LogP contribution in [0.15, 0.2) is 42.0 Å². The van der Waals surface area contributed by atoms with Gasteiger partial charge in [0.2, 0.25) is 0 Å². The van der Waals surface area contributed by atoms with E-state index in [2.05, 4.69) is 70.2 Å². The molecule has 0 aliphatic heterocycles. The van der Waals surface area contributed by atoms with Gasteiger partial charge < -0.3 is 0 Å². The average Bonchev–Trinajstić information content (AvgIpc) is 3.13. The summed E-state index contributed by atoms with van der Waals surface area (Å²) < 4.78 is 0.